The first-order chi connectivity index (χ1) is 8.49. The van der Waals surface area contributed by atoms with Gasteiger partial charge in [-0.05, 0) is 32.6 Å². The van der Waals surface area contributed by atoms with Crippen LogP contribution in [0.1, 0.15) is 41.9 Å². The first-order valence-corrected chi connectivity index (χ1v) is 6.48. The zero-order valence-electron chi connectivity index (χ0n) is 11.7. The smallest absolute Gasteiger partial charge is 0.291 e. The topological polar surface area (TPSA) is 72.4 Å². The summed E-state index contributed by atoms with van der Waals surface area (Å²) in [5, 5.41) is 0. The minimum absolute atomic E-state index is 0. The Labute approximate surface area is 120 Å². The van der Waals surface area contributed by atoms with Crippen LogP contribution in [0.2, 0.25) is 0 Å². The summed E-state index contributed by atoms with van der Waals surface area (Å²) < 4.78 is 5.39. The second kappa shape index (κ2) is 6.39. The SMILES string of the molecule is Cc1nc(C)c(C(=O)N2CCCC(C(C)N)C2)o1.Cl. The third-order valence-electron chi connectivity index (χ3n) is 3.59. The molecule has 0 saturated carbocycles. The number of hydrogen-bond acceptors (Lipinski definition) is 4. The molecule has 108 valence electrons. The largest absolute Gasteiger partial charge is 0.436 e. The molecule has 2 N–H and O–H groups in total. The lowest BCUT2D eigenvalue weighted by Crippen LogP contribution is -2.45. The summed E-state index contributed by atoms with van der Waals surface area (Å²) in [6, 6.07) is 0.123. The van der Waals surface area contributed by atoms with Gasteiger partial charge >= 0.3 is 0 Å². The molecule has 0 aromatic carbocycles. The van der Waals surface area contributed by atoms with Crippen LogP contribution >= 0.6 is 12.4 Å². The molecule has 2 rings (SSSR count). The summed E-state index contributed by atoms with van der Waals surface area (Å²) in [5.74, 6) is 1.24. The van der Waals surface area contributed by atoms with Crippen LogP contribution in [-0.4, -0.2) is 34.9 Å². The maximum Gasteiger partial charge on any atom is 0.291 e. The van der Waals surface area contributed by atoms with Gasteiger partial charge in [-0.2, -0.15) is 0 Å². The average Bonchev–Trinajstić information content (AvgIpc) is 2.67. The molecule has 0 spiro atoms. The highest BCUT2D eigenvalue weighted by Crippen LogP contribution is 2.21. The molecule has 1 aliphatic rings. The maximum atomic E-state index is 12.4. The van der Waals surface area contributed by atoms with E-state index in [0.29, 0.717) is 23.3 Å². The number of nitrogens with two attached hydrogens (primary N) is 1. The van der Waals surface area contributed by atoms with Crippen LogP contribution in [0, 0.1) is 19.8 Å². The molecule has 2 unspecified atom stereocenters. The normalized spacial score (nSPS) is 20.8. The second-order valence-corrected chi connectivity index (χ2v) is 5.16. The number of amides is 1. The third-order valence-corrected chi connectivity index (χ3v) is 3.59. The van der Waals surface area contributed by atoms with Gasteiger partial charge in [0.25, 0.3) is 5.91 Å². The Morgan fingerprint density at radius 1 is 1.53 bits per heavy atom. The Balaban J connectivity index is 0.00000180. The Bertz CT molecular complexity index is 445. The van der Waals surface area contributed by atoms with E-state index in [-0.39, 0.29) is 24.4 Å². The standard InChI is InChI=1S/C13H21N3O2.ClH/c1-8(14)11-5-4-6-16(7-11)13(17)12-9(2)15-10(3)18-12;/h8,11H,4-7,14H2,1-3H3;1H. The van der Waals surface area contributed by atoms with Crippen LogP contribution in [-0.2, 0) is 0 Å². The van der Waals surface area contributed by atoms with Gasteiger partial charge in [0, 0.05) is 26.1 Å². The molecule has 1 saturated heterocycles. The van der Waals surface area contributed by atoms with Gasteiger partial charge in [0.2, 0.25) is 5.76 Å². The number of aryl methyl sites for hydroxylation is 2. The number of carbonyl (C=O) groups is 1. The maximum absolute atomic E-state index is 12.4. The number of oxazole rings is 1. The van der Waals surface area contributed by atoms with Crippen molar-refractivity contribution in [2.75, 3.05) is 13.1 Å². The van der Waals surface area contributed by atoms with Gasteiger partial charge in [0.15, 0.2) is 5.89 Å². The van der Waals surface area contributed by atoms with Crippen molar-refractivity contribution in [3.8, 4) is 0 Å². The number of carbonyl (C=O) groups excluding carboxylic acids is 1. The fourth-order valence-electron chi connectivity index (χ4n) is 2.50. The van der Waals surface area contributed by atoms with Crippen LogP contribution in [0.25, 0.3) is 0 Å². The number of nitrogens with zero attached hydrogens (tertiary/aromatic N) is 2. The van der Waals surface area contributed by atoms with Gasteiger partial charge in [0.1, 0.15) is 0 Å². The lowest BCUT2D eigenvalue weighted by Gasteiger charge is -2.34. The Morgan fingerprint density at radius 2 is 2.21 bits per heavy atom. The summed E-state index contributed by atoms with van der Waals surface area (Å²) >= 11 is 0. The minimum atomic E-state index is -0.0570. The van der Waals surface area contributed by atoms with Crippen LogP contribution in [0.15, 0.2) is 4.42 Å². The summed E-state index contributed by atoms with van der Waals surface area (Å²) in [6.45, 7) is 7.06. The number of aromatic nitrogens is 1. The molecule has 1 aromatic heterocycles. The molecule has 19 heavy (non-hydrogen) atoms. The van der Waals surface area contributed by atoms with E-state index < -0.39 is 0 Å². The molecule has 2 heterocycles. The van der Waals surface area contributed by atoms with Gasteiger partial charge in [0.05, 0.1) is 5.69 Å². The quantitative estimate of drug-likeness (QED) is 0.902. The molecule has 1 aliphatic heterocycles. The average molecular weight is 288 g/mol. The fraction of sp³-hybridized carbons (Fsp3) is 0.692. The molecule has 1 amide bonds. The lowest BCUT2D eigenvalue weighted by molar-refractivity contribution is 0.0626. The van der Waals surface area contributed by atoms with E-state index in [2.05, 4.69) is 4.98 Å². The molecule has 1 fully saturated rings. The molecule has 2 atom stereocenters. The number of hydrogen-bond donors (Lipinski definition) is 1. The van der Waals surface area contributed by atoms with Crippen molar-refractivity contribution in [2.45, 2.75) is 39.7 Å². The molecule has 0 bridgehead atoms. The van der Waals surface area contributed by atoms with Crippen LogP contribution in [0.4, 0.5) is 0 Å². The van der Waals surface area contributed by atoms with Crippen LogP contribution in [0.3, 0.4) is 0 Å². The first-order valence-electron chi connectivity index (χ1n) is 6.48. The summed E-state index contributed by atoms with van der Waals surface area (Å²) in [5.41, 5.74) is 6.60. The Kier molecular flexibility index (Phi) is 5.38. The third kappa shape index (κ3) is 3.48. The zero-order chi connectivity index (χ0) is 13.3. The highest BCUT2D eigenvalue weighted by molar-refractivity contribution is 5.92. The summed E-state index contributed by atoms with van der Waals surface area (Å²) in [6.07, 6.45) is 2.10. The Hall–Kier alpha value is -1.07. The monoisotopic (exact) mass is 287 g/mol. The highest BCUT2D eigenvalue weighted by atomic mass is 35.5. The molecular weight excluding hydrogens is 266 g/mol. The Morgan fingerprint density at radius 3 is 2.74 bits per heavy atom. The number of likely N-dealkylation sites (tertiary alicyclic amines) is 1. The minimum Gasteiger partial charge on any atom is -0.436 e. The second-order valence-electron chi connectivity index (χ2n) is 5.16. The molecule has 0 radical (unpaired) electrons. The van der Waals surface area contributed by atoms with Crippen molar-refractivity contribution in [2.24, 2.45) is 11.7 Å². The van der Waals surface area contributed by atoms with Gasteiger partial charge in [-0.3, -0.25) is 4.79 Å². The van der Waals surface area contributed by atoms with Crippen LogP contribution < -0.4 is 5.73 Å². The predicted octanol–water partition coefficient (Wildman–Crippen LogP) is 1.91. The predicted molar refractivity (Wildman–Crippen MR) is 75.5 cm³/mol. The van der Waals surface area contributed by atoms with Gasteiger partial charge < -0.3 is 15.1 Å². The van der Waals surface area contributed by atoms with Crippen LogP contribution in [0.5, 0.6) is 0 Å². The van der Waals surface area contributed by atoms with Gasteiger partial charge in [-0.15, -0.1) is 12.4 Å². The van der Waals surface area contributed by atoms with Gasteiger partial charge in [-0.25, -0.2) is 4.98 Å². The first kappa shape index (κ1) is 16.0. The van der Waals surface area contributed by atoms with Crippen molar-refractivity contribution in [3.63, 3.8) is 0 Å². The summed E-state index contributed by atoms with van der Waals surface area (Å²) in [7, 11) is 0. The fourth-order valence-corrected chi connectivity index (χ4v) is 2.50. The summed E-state index contributed by atoms with van der Waals surface area (Å²) in [4.78, 5) is 18.3. The molecule has 0 aliphatic carbocycles. The highest BCUT2D eigenvalue weighted by Gasteiger charge is 2.29. The van der Waals surface area contributed by atoms with E-state index in [1.165, 1.54) is 0 Å². The molecule has 1 aromatic rings. The van der Waals surface area contributed by atoms with Crippen molar-refractivity contribution < 1.29 is 9.21 Å². The molecule has 6 heteroatoms. The van der Waals surface area contributed by atoms with E-state index in [9.17, 15) is 4.79 Å². The molecular formula is C13H22ClN3O2. The van der Waals surface area contributed by atoms with E-state index in [4.69, 9.17) is 10.2 Å². The van der Waals surface area contributed by atoms with Crippen molar-refractivity contribution >= 4 is 18.3 Å². The number of halogens is 1. The van der Waals surface area contributed by atoms with E-state index >= 15 is 0 Å². The lowest BCUT2D eigenvalue weighted by atomic mass is 9.92. The van der Waals surface area contributed by atoms with E-state index in [0.717, 1.165) is 25.9 Å². The van der Waals surface area contributed by atoms with E-state index in [1.807, 2.05) is 11.8 Å². The van der Waals surface area contributed by atoms with Crippen molar-refractivity contribution in [3.05, 3.63) is 17.3 Å². The zero-order valence-corrected chi connectivity index (χ0v) is 12.5. The van der Waals surface area contributed by atoms with Crippen molar-refractivity contribution in [1.82, 2.24) is 9.88 Å². The van der Waals surface area contributed by atoms with E-state index in [1.54, 1.807) is 13.8 Å². The number of rotatable bonds is 2. The van der Waals surface area contributed by atoms with Gasteiger partial charge in [-0.1, -0.05) is 0 Å². The van der Waals surface area contributed by atoms with Crippen molar-refractivity contribution in [1.29, 1.82) is 0 Å². The molecule has 5 nitrogen and oxygen atoms in total. The number of piperidine rings is 1.